The Hall–Kier alpha value is -10.2. The fourth-order valence-corrected chi connectivity index (χ4v) is 14.3. The monoisotopic (exact) mass is 1300 g/mol. The zero-order chi connectivity index (χ0) is 66.6. The number of nitrogens with one attached hydrogen (secondary N) is 5. The molecule has 0 radical (unpaired) electrons. The van der Waals surface area contributed by atoms with Gasteiger partial charge in [0.05, 0.1) is 43.3 Å². The van der Waals surface area contributed by atoms with Gasteiger partial charge in [-0.1, -0.05) is 127 Å². The Balaban J connectivity index is 0.696. The lowest BCUT2D eigenvalue weighted by Gasteiger charge is -2.45. The maximum atomic E-state index is 14.6. The molecule has 2 atom stereocenters. The summed E-state index contributed by atoms with van der Waals surface area (Å²) in [5, 5.41) is 13.6. The summed E-state index contributed by atoms with van der Waals surface area (Å²) in [6.07, 6.45) is 8.67. The van der Waals surface area contributed by atoms with Crippen molar-refractivity contribution in [2.75, 3.05) is 76.1 Å². The molecule has 20 nitrogen and oxygen atoms in total. The van der Waals surface area contributed by atoms with Crippen molar-refractivity contribution in [1.29, 1.82) is 0 Å². The zero-order valence-corrected chi connectivity index (χ0v) is 54.8. The average molecular weight is 1300 g/mol. The number of pyridine rings is 1. The van der Waals surface area contributed by atoms with Crippen molar-refractivity contribution in [3.05, 3.63) is 208 Å². The van der Waals surface area contributed by atoms with Crippen LogP contribution in [0.3, 0.4) is 0 Å². The Morgan fingerprint density at radius 3 is 2.23 bits per heavy atom. The molecule has 5 N–H and O–H groups in total. The van der Waals surface area contributed by atoms with Crippen LogP contribution >= 0.6 is 0 Å². The lowest BCUT2D eigenvalue weighted by Crippen LogP contribution is -2.55. The largest absolute Gasteiger partial charge is 0.495 e. The van der Waals surface area contributed by atoms with E-state index >= 15 is 0 Å². The van der Waals surface area contributed by atoms with E-state index in [1.165, 1.54) is 4.90 Å². The molecule has 2 aliphatic carbocycles. The molecule has 14 rings (SSSR count). The minimum Gasteiger partial charge on any atom is -0.495 e. The van der Waals surface area contributed by atoms with Crippen LogP contribution in [0.15, 0.2) is 169 Å². The molecule has 0 bridgehead atoms. The van der Waals surface area contributed by atoms with E-state index in [4.69, 9.17) is 28.9 Å². The third kappa shape index (κ3) is 13.7. The molecule has 3 aliphatic heterocycles. The van der Waals surface area contributed by atoms with Gasteiger partial charge < -0.3 is 54.2 Å². The van der Waals surface area contributed by atoms with Crippen LogP contribution in [0.25, 0.3) is 44.1 Å². The van der Waals surface area contributed by atoms with Crippen molar-refractivity contribution >= 4 is 57.4 Å². The molecule has 4 fully saturated rings. The van der Waals surface area contributed by atoms with Crippen LogP contribution in [0.2, 0.25) is 0 Å². The number of rotatable bonds is 21. The number of anilines is 2. The van der Waals surface area contributed by atoms with Crippen LogP contribution in [0, 0.1) is 11.8 Å². The Labute approximate surface area is 563 Å². The number of aryl methyl sites for hydroxylation is 1. The van der Waals surface area contributed by atoms with Gasteiger partial charge in [0.2, 0.25) is 17.8 Å². The number of hydrogen-bond acceptors (Lipinski definition) is 14. The predicted molar refractivity (Wildman–Crippen MR) is 372 cm³/mol. The molecule has 1 saturated carbocycles. The van der Waals surface area contributed by atoms with Crippen LogP contribution in [-0.4, -0.2) is 138 Å². The minimum absolute atomic E-state index is 0.0551. The van der Waals surface area contributed by atoms with Gasteiger partial charge in [0.25, 0.3) is 5.56 Å². The molecule has 496 valence electrons. The molecular weight excluding hydrogens is 1220 g/mol. The highest BCUT2D eigenvalue weighted by molar-refractivity contribution is 6.06. The van der Waals surface area contributed by atoms with Crippen LogP contribution in [0.1, 0.15) is 91.3 Å². The maximum absolute atomic E-state index is 14.6. The third-order valence-electron chi connectivity index (χ3n) is 19.8. The number of H-pyrrole nitrogens is 1. The molecule has 6 aromatic carbocycles. The fourth-order valence-electron chi connectivity index (χ4n) is 14.3. The Bertz CT molecular complexity index is 4500. The zero-order valence-electron chi connectivity index (χ0n) is 54.8. The summed E-state index contributed by atoms with van der Waals surface area (Å²) in [5.74, 6) is 6.77. The van der Waals surface area contributed by atoms with Gasteiger partial charge in [0.15, 0.2) is 5.60 Å². The number of imide groups is 1. The Morgan fingerprint density at radius 2 is 1.51 bits per heavy atom. The van der Waals surface area contributed by atoms with E-state index in [2.05, 4.69) is 85.1 Å². The van der Waals surface area contributed by atoms with Crippen molar-refractivity contribution in [3.63, 3.8) is 0 Å². The van der Waals surface area contributed by atoms with Crippen LogP contribution < -0.4 is 41.4 Å². The number of nitrogens with zero attached hydrogens (tertiary/aromatic N) is 6. The number of hydrogen-bond donors (Lipinski definition) is 5. The van der Waals surface area contributed by atoms with E-state index < -0.39 is 29.7 Å². The number of methoxy groups -OCH3 is 1. The van der Waals surface area contributed by atoms with Gasteiger partial charge >= 0.3 is 12.1 Å². The summed E-state index contributed by atoms with van der Waals surface area (Å²) in [4.78, 5) is 87.0. The number of aromatic amines is 1. The number of alkyl carbamates (subject to hydrolysis) is 1. The molecule has 20 heteroatoms. The number of benzene rings is 6. The van der Waals surface area contributed by atoms with E-state index in [0.717, 1.165) is 126 Å². The number of carbonyl (C=O) groups excluding carboxylic acids is 4. The molecule has 5 aliphatic rings. The molecular formula is C77H79N11O9. The van der Waals surface area contributed by atoms with Crippen molar-refractivity contribution in [2.45, 2.75) is 93.5 Å². The van der Waals surface area contributed by atoms with Crippen LogP contribution in [0.4, 0.5) is 21.2 Å². The second-order valence-electron chi connectivity index (χ2n) is 26.2. The molecule has 5 amide bonds. The van der Waals surface area contributed by atoms with Gasteiger partial charge in [-0.3, -0.25) is 24.6 Å². The molecule has 97 heavy (non-hydrogen) atoms. The molecule has 3 aromatic heterocycles. The second-order valence-corrected chi connectivity index (χ2v) is 26.2. The van der Waals surface area contributed by atoms with Crippen LogP contribution in [-0.2, 0) is 42.9 Å². The number of amides is 5. The normalized spacial score (nSPS) is 17.4. The second kappa shape index (κ2) is 27.9. The van der Waals surface area contributed by atoms with Gasteiger partial charge in [-0.2, -0.15) is 0 Å². The van der Waals surface area contributed by atoms with E-state index in [-0.39, 0.29) is 68.4 Å². The topological polar surface area (TPSA) is 227 Å². The lowest BCUT2D eigenvalue weighted by molar-refractivity contribution is -0.127. The quantitative estimate of drug-likeness (QED) is 0.0256. The Morgan fingerprint density at radius 1 is 0.784 bits per heavy atom. The number of likely N-dealkylation sites (tertiary alicyclic amines) is 1. The minimum atomic E-state index is -1.33. The summed E-state index contributed by atoms with van der Waals surface area (Å²) < 4.78 is 27.3. The number of piperidine rings is 2. The highest BCUT2D eigenvalue weighted by Gasteiger charge is 2.45. The highest BCUT2D eigenvalue weighted by Crippen LogP contribution is 2.46. The Kier molecular flexibility index (Phi) is 18.5. The summed E-state index contributed by atoms with van der Waals surface area (Å²) in [6, 6.07) is 48.4. The van der Waals surface area contributed by atoms with Gasteiger partial charge in [-0.25, -0.2) is 19.6 Å². The summed E-state index contributed by atoms with van der Waals surface area (Å²) in [7, 11) is 3.31. The molecule has 0 unspecified atom stereocenters. The van der Waals surface area contributed by atoms with Gasteiger partial charge in [0.1, 0.15) is 30.6 Å². The van der Waals surface area contributed by atoms with E-state index in [1.807, 2.05) is 121 Å². The van der Waals surface area contributed by atoms with Crippen LogP contribution in [0.5, 0.6) is 5.75 Å². The van der Waals surface area contributed by atoms with Gasteiger partial charge in [0, 0.05) is 104 Å². The summed E-state index contributed by atoms with van der Waals surface area (Å²) >= 11 is 0. The first-order valence-corrected chi connectivity index (χ1v) is 33.6. The average Bonchev–Trinajstić information content (AvgIpc) is 1.10. The third-order valence-corrected chi connectivity index (χ3v) is 19.8. The standard InChI is InChI=1S/C77H79N11O9/c1-76(80-36-14-17-51-24-29-67(94-3)66(44-51)88-40-33-68(89)83-74(88)92)34-41-86(42-35-76)54-31-38-87(39-32-54)73-81-64-28-25-52(62-46-85(2)72(91)69-60(62)30-37-78-69)45-61(64)70(84-73)77(97-55-26-27-55,53-18-8-5-9-19-53)48-95-49-79-71(90)65(43-50-15-6-4-7-16-50)82-75(93)96-47-63-58-22-12-10-20-56(58)57-21-11-13-23-59(57)63/h4-13,15-16,18-25,28-30,37,44-46,54-55,63,65,78,80H,26-27,31-36,38-43,47-49H2,1-3H3,(H,79,90)(H,82,93)(H,83,89,92)/t65-,77-/m0/s1. The number of ether oxygens (including phenoxy) is 4. The van der Waals surface area contributed by atoms with Crippen molar-refractivity contribution in [1.82, 2.24) is 45.7 Å². The van der Waals surface area contributed by atoms with E-state index in [0.29, 0.717) is 46.7 Å². The fraction of sp³-hybridized carbons (Fsp3) is 0.338. The molecule has 0 spiro atoms. The first-order chi connectivity index (χ1) is 47.3. The smallest absolute Gasteiger partial charge is 0.407 e. The van der Waals surface area contributed by atoms with Gasteiger partial charge in [-0.05, 0) is 121 Å². The first-order valence-electron chi connectivity index (χ1n) is 33.6. The highest BCUT2D eigenvalue weighted by atomic mass is 16.6. The first kappa shape index (κ1) is 64.2. The lowest BCUT2D eigenvalue weighted by atomic mass is 9.87. The molecule has 9 aromatic rings. The van der Waals surface area contributed by atoms with Crippen molar-refractivity contribution in [2.24, 2.45) is 7.05 Å². The molecule has 3 saturated heterocycles. The van der Waals surface area contributed by atoms with Crippen molar-refractivity contribution in [3.8, 4) is 39.8 Å². The number of carbonyl (C=O) groups is 4. The number of fused-ring (bicyclic) bond motifs is 5. The predicted octanol–water partition coefficient (Wildman–Crippen LogP) is 10.1. The van der Waals surface area contributed by atoms with E-state index in [9.17, 15) is 24.0 Å². The number of aromatic nitrogens is 4. The summed E-state index contributed by atoms with van der Waals surface area (Å²) in [5.41, 5.74) is 9.38. The maximum Gasteiger partial charge on any atom is 0.407 e. The SMILES string of the molecule is COc1ccc(C#CCNC2(C)CCN(C3CCN(c4nc([C@@](COCNC(=O)[C@H](Cc5ccccc5)NC(=O)OCC5c6ccccc6-c6ccccc65)(OC5CC5)c5ccccc5)c5cc(-c6cn(C)c(=O)c7[nH]ccc67)ccc5n4)CC3)CC2)cc1N1CCC(=O)NC1=O. The summed E-state index contributed by atoms with van der Waals surface area (Å²) in [6.45, 7) is 6.18. The van der Waals surface area contributed by atoms with E-state index in [1.54, 1.807) is 31.0 Å². The van der Waals surface area contributed by atoms with Crippen molar-refractivity contribution < 1.29 is 38.1 Å². The molecule has 6 heterocycles. The van der Waals surface area contributed by atoms with Gasteiger partial charge in [-0.15, -0.1) is 0 Å². The number of urea groups is 1.